The fourth-order valence-corrected chi connectivity index (χ4v) is 2.74. The second-order valence-electron chi connectivity index (χ2n) is 6.30. The average Bonchev–Trinajstić information content (AvgIpc) is 2.68. The molecule has 0 aromatic heterocycles. The van der Waals surface area contributed by atoms with Crippen molar-refractivity contribution in [2.45, 2.75) is 52.7 Å². The van der Waals surface area contributed by atoms with Crippen molar-refractivity contribution in [3.63, 3.8) is 0 Å². The third-order valence-corrected chi connectivity index (χ3v) is 4.26. The standard InChI is InChI=1S/C21H30O7/c1-5-21(20(24)26-7-3,28-14-17-11-9-8-10-12-17)13-18(15-27-16(4)22)19(23)25-6-2/h8-12,18H,5-7,13-15H2,1-4H3. The van der Waals surface area contributed by atoms with Gasteiger partial charge in [-0.1, -0.05) is 37.3 Å². The summed E-state index contributed by atoms with van der Waals surface area (Å²) in [5.41, 5.74) is -0.471. The lowest BCUT2D eigenvalue weighted by Crippen LogP contribution is -2.46. The van der Waals surface area contributed by atoms with Crippen molar-refractivity contribution in [2.24, 2.45) is 5.92 Å². The van der Waals surface area contributed by atoms with E-state index in [9.17, 15) is 14.4 Å². The monoisotopic (exact) mass is 394 g/mol. The number of benzene rings is 1. The molecule has 0 radical (unpaired) electrons. The zero-order valence-corrected chi connectivity index (χ0v) is 17.1. The van der Waals surface area contributed by atoms with E-state index in [-0.39, 0.29) is 39.3 Å². The normalized spacial score (nSPS) is 13.9. The number of carbonyl (C=O) groups is 3. The first-order valence-electron chi connectivity index (χ1n) is 9.53. The van der Waals surface area contributed by atoms with Crippen LogP contribution in [0.5, 0.6) is 0 Å². The van der Waals surface area contributed by atoms with Crippen LogP contribution in [0.1, 0.15) is 46.1 Å². The van der Waals surface area contributed by atoms with E-state index in [4.69, 9.17) is 18.9 Å². The van der Waals surface area contributed by atoms with Crippen molar-refractivity contribution < 1.29 is 33.3 Å². The summed E-state index contributed by atoms with van der Waals surface area (Å²) in [4.78, 5) is 36.4. The van der Waals surface area contributed by atoms with E-state index in [1.54, 1.807) is 20.8 Å². The zero-order valence-electron chi connectivity index (χ0n) is 17.1. The molecule has 7 heteroatoms. The van der Waals surface area contributed by atoms with Crippen molar-refractivity contribution in [3.05, 3.63) is 35.9 Å². The smallest absolute Gasteiger partial charge is 0.338 e. The first-order chi connectivity index (χ1) is 13.4. The van der Waals surface area contributed by atoms with Crippen LogP contribution in [0.3, 0.4) is 0 Å². The highest BCUT2D eigenvalue weighted by atomic mass is 16.6. The van der Waals surface area contributed by atoms with Gasteiger partial charge in [-0.25, -0.2) is 4.79 Å². The SMILES string of the molecule is CCOC(=O)C(COC(C)=O)CC(CC)(OCc1ccccc1)C(=O)OCC. The van der Waals surface area contributed by atoms with Gasteiger partial charge in [0.2, 0.25) is 0 Å². The van der Waals surface area contributed by atoms with Crippen LogP contribution in [-0.2, 0) is 39.9 Å². The van der Waals surface area contributed by atoms with Crippen molar-refractivity contribution in [1.82, 2.24) is 0 Å². The lowest BCUT2D eigenvalue weighted by Gasteiger charge is -2.33. The predicted molar refractivity (Wildman–Crippen MR) is 102 cm³/mol. The van der Waals surface area contributed by atoms with Crippen LogP contribution in [0.15, 0.2) is 30.3 Å². The Kier molecular flexibility index (Phi) is 10.2. The molecule has 0 heterocycles. The minimum absolute atomic E-state index is 0.0126. The fraction of sp³-hybridized carbons (Fsp3) is 0.571. The van der Waals surface area contributed by atoms with Crippen LogP contribution in [0.4, 0.5) is 0 Å². The molecule has 1 rings (SSSR count). The van der Waals surface area contributed by atoms with Gasteiger partial charge in [0, 0.05) is 13.3 Å². The first kappa shape index (κ1) is 23.6. The quantitative estimate of drug-likeness (QED) is 0.398. The van der Waals surface area contributed by atoms with E-state index in [0.717, 1.165) is 5.56 Å². The molecule has 0 amide bonds. The molecule has 1 aromatic carbocycles. The average molecular weight is 394 g/mol. The van der Waals surface area contributed by atoms with Crippen LogP contribution < -0.4 is 0 Å². The molecule has 0 saturated carbocycles. The van der Waals surface area contributed by atoms with Gasteiger partial charge in [-0.2, -0.15) is 0 Å². The molecule has 0 aliphatic heterocycles. The number of rotatable bonds is 12. The molecular weight excluding hydrogens is 364 g/mol. The number of carbonyl (C=O) groups excluding carboxylic acids is 3. The summed E-state index contributed by atoms with van der Waals surface area (Å²) in [5, 5.41) is 0. The highest BCUT2D eigenvalue weighted by Crippen LogP contribution is 2.30. The Morgan fingerprint density at radius 2 is 1.61 bits per heavy atom. The molecule has 0 aliphatic rings. The van der Waals surface area contributed by atoms with Crippen molar-refractivity contribution in [1.29, 1.82) is 0 Å². The number of hydrogen-bond acceptors (Lipinski definition) is 7. The van der Waals surface area contributed by atoms with Crippen molar-refractivity contribution in [2.75, 3.05) is 19.8 Å². The third-order valence-electron chi connectivity index (χ3n) is 4.26. The van der Waals surface area contributed by atoms with Gasteiger partial charge in [-0.15, -0.1) is 0 Å². The van der Waals surface area contributed by atoms with E-state index in [1.807, 2.05) is 30.3 Å². The largest absolute Gasteiger partial charge is 0.466 e. The number of hydrogen-bond donors (Lipinski definition) is 0. The van der Waals surface area contributed by atoms with Crippen LogP contribution in [0.2, 0.25) is 0 Å². The first-order valence-corrected chi connectivity index (χ1v) is 9.53. The van der Waals surface area contributed by atoms with Crippen LogP contribution in [0.25, 0.3) is 0 Å². The van der Waals surface area contributed by atoms with Gasteiger partial charge in [0.25, 0.3) is 0 Å². The summed E-state index contributed by atoms with van der Waals surface area (Å²) in [7, 11) is 0. The molecule has 0 N–H and O–H groups in total. The number of ether oxygens (including phenoxy) is 4. The Hall–Kier alpha value is -2.41. The van der Waals surface area contributed by atoms with Gasteiger partial charge < -0.3 is 18.9 Å². The van der Waals surface area contributed by atoms with Crippen LogP contribution >= 0.6 is 0 Å². The molecule has 156 valence electrons. The highest BCUT2D eigenvalue weighted by molar-refractivity contribution is 5.81. The topological polar surface area (TPSA) is 88.1 Å². The third kappa shape index (κ3) is 7.31. The Morgan fingerprint density at radius 3 is 2.14 bits per heavy atom. The van der Waals surface area contributed by atoms with Gasteiger partial charge in [0.15, 0.2) is 5.60 Å². The maximum Gasteiger partial charge on any atom is 0.338 e. The summed E-state index contributed by atoms with van der Waals surface area (Å²) in [6.07, 6.45) is 0.274. The molecule has 2 unspecified atom stereocenters. The van der Waals surface area contributed by atoms with E-state index >= 15 is 0 Å². The molecule has 0 spiro atoms. The molecular formula is C21H30O7. The van der Waals surface area contributed by atoms with Crippen LogP contribution in [-0.4, -0.2) is 43.3 Å². The molecule has 0 fully saturated rings. The molecule has 2 atom stereocenters. The second kappa shape index (κ2) is 12.1. The summed E-state index contributed by atoms with van der Waals surface area (Å²) in [6, 6.07) is 9.40. The molecule has 1 aromatic rings. The lowest BCUT2D eigenvalue weighted by molar-refractivity contribution is -0.181. The minimum atomic E-state index is -1.36. The fourth-order valence-electron chi connectivity index (χ4n) is 2.74. The van der Waals surface area contributed by atoms with E-state index in [0.29, 0.717) is 0 Å². The molecule has 0 aliphatic carbocycles. The van der Waals surface area contributed by atoms with E-state index in [1.165, 1.54) is 6.92 Å². The maximum atomic E-state index is 12.8. The summed E-state index contributed by atoms with van der Waals surface area (Å²) in [6.45, 7) is 6.79. The Bertz CT molecular complexity index is 629. The van der Waals surface area contributed by atoms with Gasteiger partial charge in [-0.3, -0.25) is 9.59 Å². The Morgan fingerprint density at radius 1 is 0.964 bits per heavy atom. The van der Waals surface area contributed by atoms with Gasteiger partial charge in [-0.05, 0) is 25.8 Å². The lowest BCUT2D eigenvalue weighted by atomic mass is 9.88. The van der Waals surface area contributed by atoms with E-state index < -0.39 is 29.4 Å². The highest BCUT2D eigenvalue weighted by Gasteiger charge is 2.44. The molecule has 0 saturated heterocycles. The Balaban J connectivity index is 3.08. The predicted octanol–water partition coefficient (Wildman–Crippen LogP) is 3.05. The zero-order chi connectivity index (χ0) is 21.0. The van der Waals surface area contributed by atoms with Gasteiger partial charge >= 0.3 is 17.9 Å². The van der Waals surface area contributed by atoms with E-state index in [2.05, 4.69) is 0 Å². The minimum Gasteiger partial charge on any atom is -0.466 e. The van der Waals surface area contributed by atoms with Crippen molar-refractivity contribution in [3.8, 4) is 0 Å². The molecule has 28 heavy (non-hydrogen) atoms. The van der Waals surface area contributed by atoms with Crippen molar-refractivity contribution >= 4 is 17.9 Å². The van der Waals surface area contributed by atoms with Gasteiger partial charge in [0.05, 0.1) is 25.7 Å². The summed E-state index contributed by atoms with van der Waals surface area (Å²) in [5.74, 6) is -2.46. The maximum absolute atomic E-state index is 12.8. The summed E-state index contributed by atoms with van der Waals surface area (Å²) < 4.78 is 21.4. The van der Waals surface area contributed by atoms with Crippen LogP contribution in [0, 0.1) is 5.92 Å². The Labute approximate surface area is 166 Å². The molecule has 7 nitrogen and oxygen atoms in total. The second-order valence-corrected chi connectivity index (χ2v) is 6.30. The summed E-state index contributed by atoms with van der Waals surface area (Å²) >= 11 is 0. The number of esters is 3. The molecule has 0 bridgehead atoms. The van der Waals surface area contributed by atoms with Gasteiger partial charge in [0.1, 0.15) is 6.61 Å².